The summed E-state index contributed by atoms with van der Waals surface area (Å²) in [5.41, 5.74) is 1.09. The molecular weight excluding hydrogens is 329 g/mol. The number of hydrogen-bond acceptors (Lipinski definition) is 4. The zero-order valence-electron chi connectivity index (χ0n) is 11.1. The second-order valence-corrected chi connectivity index (χ2v) is 5.38. The first-order valence-corrected chi connectivity index (χ1v) is 7.04. The summed E-state index contributed by atoms with van der Waals surface area (Å²) in [6.07, 6.45) is 0. The Hall–Kier alpha value is -2.24. The number of halogens is 2. The highest BCUT2D eigenvalue weighted by Crippen LogP contribution is 2.32. The summed E-state index contributed by atoms with van der Waals surface area (Å²) in [6, 6.07) is 11.6. The van der Waals surface area contributed by atoms with E-state index in [1.165, 1.54) is 6.07 Å². The number of nitro groups is 1. The maximum Gasteiger partial charge on any atom is 0.434 e. The van der Waals surface area contributed by atoms with Gasteiger partial charge >= 0.3 is 5.88 Å². The van der Waals surface area contributed by atoms with E-state index in [0.717, 1.165) is 5.56 Å². The molecule has 0 aliphatic carbocycles. The predicted octanol–water partition coefficient (Wildman–Crippen LogP) is 5.23. The summed E-state index contributed by atoms with van der Waals surface area (Å²) in [5.74, 6) is 0.0900. The molecule has 0 aliphatic heterocycles. The highest BCUT2D eigenvalue weighted by Gasteiger charge is 2.16. The molecule has 0 N–H and O–H groups in total. The van der Waals surface area contributed by atoms with Gasteiger partial charge in [-0.15, -0.1) is 0 Å². The molecule has 0 amide bonds. The van der Waals surface area contributed by atoms with E-state index >= 15 is 0 Å². The second-order valence-electron chi connectivity index (χ2n) is 4.54. The van der Waals surface area contributed by atoms with Gasteiger partial charge in [0.2, 0.25) is 0 Å². The van der Waals surface area contributed by atoms with Gasteiger partial charge in [0.15, 0.2) is 11.3 Å². The average molecular weight is 338 g/mol. The maximum absolute atomic E-state index is 10.8. The number of para-hydroxylation sites is 1. The third-order valence-corrected chi connectivity index (χ3v) is 3.66. The van der Waals surface area contributed by atoms with E-state index in [0.29, 0.717) is 26.8 Å². The molecule has 1 heterocycles. The van der Waals surface area contributed by atoms with Crippen LogP contribution in [0.2, 0.25) is 10.0 Å². The number of benzene rings is 2. The van der Waals surface area contributed by atoms with Crippen molar-refractivity contribution < 1.29 is 14.1 Å². The van der Waals surface area contributed by atoms with Crippen LogP contribution in [0.3, 0.4) is 0 Å². The minimum Gasteiger partial charge on any atom is -0.485 e. The Morgan fingerprint density at radius 3 is 2.73 bits per heavy atom. The monoisotopic (exact) mass is 337 g/mol. The second kappa shape index (κ2) is 5.87. The summed E-state index contributed by atoms with van der Waals surface area (Å²) in [5, 5.41) is 12.4. The van der Waals surface area contributed by atoms with E-state index in [1.54, 1.807) is 36.4 Å². The van der Waals surface area contributed by atoms with Crippen LogP contribution in [-0.2, 0) is 6.61 Å². The SMILES string of the molecule is O=[N+]([O-])c1cc2cccc(OCc3ccc(Cl)cc3Cl)c2o1. The number of furan rings is 1. The standard InChI is InChI=1S/C15H9Cl2NO4/c16-11-5-4-10(12(17)7-11)8-21-13-3-1-2-9-6-14(18(19)20)22-15(9)13/h1-7H,8H2. The van der Waals surface area contributed by atoms with Crippen LogP contribution in [0.25, 0.3) is 11.0 Å². The van der Waals surface area contributed by atoms with Gasteiger partial charge in [0, 0.05) is 21.0 Å². The first kappa shape index (κ1) is 14.7. The van der Waals surface area contributed by atoms with Crippen molar-refractivity contribution in [1.29, 1.82) is 0 Å². The van der Waals surface area contributed by atoms with E-state index in [-0.39, 0.29) is 12.5 Å². The quantitative estimate of drug-likeness (QED) is 0.483. The molecule has 0 bridgehead atoms. The lowest BCUT2D eigenvalue weighted by Gasteiger charge is -2.08. The van der Waals surface area contributed by atoms with E-state index < -0.39 is 4.92 Å². The Bertz CT molecular complexity index is 860. The molecular formula is C15H9Cl2NO4. The molecule has 0 unspecified atom stereocenters. The zero-order chi connectivity index (χ0) is 15.7. The van der Waals surface area contributed by atoms with Gasteiger partial charge in [-0.1, -0.05) is 41.4 Å². The molecule has 0 atom stereocenters. The Balaban J connectivity index is 1.89. The van der Waals surface area contributed by atoms with Crippen LogP contribution in [0.4, 0.5) is 5.88 Å². The van der Waals surface area contributed by atoms with Crippen LogP contribution >= 0.6 is 23.2 Å². The van der Waals surface area contributed by atoms with Gasteiger partial charge in [-0.2, -0.15) is 0 Å². The number of nitrogens with zero attached hydrogens (tertiary/aromatic N) is 1. The minimum absolute atomic E-state index is 0.198. The molecule has 112 valence electrons. The van der Waals surface area contributed by atoms with E-state index in [2.05, 4.69) is 0 Å². The van der Waals surface area contributed by atoms with Crippen LogP contribution in [0.15, 0.2) is 46.9 Å². The summed E-state index contributed by atoms with van der Waals surface area (Å²) < 4.78 is 10.9. The Labute approximate surface area is 135 Å². The molecule has 0 spiro atoms. The van der Waals surface area contributed by atoms with Crippen LogP contribution in [0.5, 0.6) is 5.75 Å². The number of rotatable bonds is 4. The first-order valence-electron chi connectivity index (χ1n) is 6.28. The van der Waals surface area contributed by atoms with Crippen LogP contribution < -0.4 is 4.74 Å². The average Bonchev–Trinajstić information content (AvgIpc) is 2.91. The summed E-state index contributed by atoms with van der Waals surface area (Å²) >= 11 is 11.9. The highest BCUT2D eigenvalue weighted by atomic mass is 35.5. The lowest BCUT2D eigenvalue weighted by molar-refractivity contribution is -0.401. The molecule has 2 aromatic carbocycles. The molecule has 0 radical (unpaired) electrons. The molecule has 3 aromatic rings. The van der Waals surface area contributed by atoms with Gasteiger partial charge in [-0.3, -0.25) is 10.1 Å². The van der Waals surface area contributed by atoms with Crippen molar-refractivity contribution in [2.24, 2.45) is 0 Å². The van der Waals surface area contributed by atoms with Crippen LogP contribution in [-0.4, -0.2) is 4.92 Å². The fraction of sp³-hybridized carbons (Fsp3) is 0.0667. The fourth-order valence-electron chi connectivity index (χ4n) is 2.02. The number of ether oxygens (including phenoxy) is 1. The summed E-state index contributed by atoms with van der Waals surface area (Å²) in [4.78, 5) is 10.2. The number of hydrogen-bond donors (Lipinski definition) is 0. The van der Waals surface area contributed by atoms with Crippen molar-refractivity contribution in [2.75, 3.05) is 0 Å². The highest BCUT2D eigenvalue weighted by molar-refractivity contribution is 6.35. The normalized spacial score (nSPS) is 10.8. The van der Waals surface area contributed by atoms with Gasteiger partial charge in [-0.05, 0) is 18.2 Å². The first-order chi connectivity index (χ1) is 10.5. The Morgan fingerprint density at radius 2 is 2.00 bits per heavy atom. The summed E-state index contributed by atoms with van der Waals surface area (Å²) in [6.45, 7) is 0.198. The van der Waals surface area contributed by atoms with E-state index in [4.69, 9.17) is 32.4 Å². The molecule has 0 saturated heterocycles. The van der Waals surface area contributed by atoms with Crippen molar-refractivity contribution in [3.8, 4) is 5.75 Å². The minimum atomic E-state index is -0.583. The molecule has 0 aliphatic rings. The Morgan fingerprint density at radius 1 is 1.18 bits per heavy atom. The maximum atomic E-state index is 10.8. The fourth-order valence-corrected chi connectivity index (χ4v) is 2.48. The Kier molecular flexibility index (Phi) is 3.92. The van der Waals surface area contributed by atoms with Crippen LogP contribution in [0, 0.1) is 10.1 Å². The number of fused-ring (bicyclic) bond motifs is 1. The largest absolute Gasteiger partial charge is 0.485 e. The lowest BCUT2D eigenvalue weighted by atomic mass is 10.2. The van der Waals surface area contributed by atoms with Crippen molar-refractivity contribution in [1.82, 2.24) is 0 Å². The molecule has 0 saturated carbocycles. The van der Waals surface area contributed by atoms with Gasteiger partial charge in [-0.25, -0.2) is 0 Å². The van der Waals surface area contributed by atoms with Gasteiger partial charge in [0.1, 0.15) is 11.5 Å². The van der Waals surface area contributed by atoms with Crippen molar-refractivity contribution >= 4 is 40.1 Å². The predicted molar refractivity (Wildman–Crippen MR) is 83.7 cm³/mol. The third kappa shape index (κ3) is 2.86. The molecule has 0 fully saturated rings. The molecule has 3 rings (SSSR count). The van der Waals surface area contributed by atoms with E-state index in [9.17, 15) is 10.1 Å². The van der Waals surface area contributed by atoms with Crippen LogP contribution in [0.1, 0.15) is 5.56 Å². The summed E-state index contributed by atoms with van der Waals surface area (Å²) in [7, 11) is 0. The molecule has 1 aromatic heterocycles. The molecule has 22 heavy (non-hydrogen) atoms. The van der Waals surface area contributed by atoms with Crippen molar-refractivity contribution in [3.05, 3.63) is 68.2 Å². The lowest BCUT2D eigenvalue weighted by Crippen LogP contribution is -1.96. The smallest absolute Gasteiger partial charge is 0.434 e. The van der Waals surface area contributed by atoms with Gasteiger partial charge in [0.05, 0.1) is 6.07 Å². The third-order valence-electron chi connectivity index (χ3n) is 3.07. The van der Waals surface area contributed by atoms with Gasteiger partial charge in [0.25, 0.3) is 0 Å². The topological polar surface area (TPSA) is 65.5 Å². The van der Waals surface area contributed by atoms with Crippen molar-refractivity contribution in [2.45, 2.75) is 6.61 Å². The molecule has 5 nitrogen and oxygen atoms in total. The molecule has 7 heteroatoms. The van der Waals surface area contributed by atoms with Gasteiger partial charge < -0.3 is 9.15 Å². The van der Waals surface area contributed by atoms with E-state index in [1.807, 2.05) is 0 Å². The zero-order valence-corrected chi connectivity index (χ0v) is 12.6. The van der Waals surface area contributed by atoms with Crippen molar-refractivity contribution in [3.63, 3.8) is 0 Å².